The van der Waals surface area contributed by atoms with Gasteiger partial charge in [0.05, 0.1) is 6.61 Å². The molecule has 1 saturated heterocycles. The van der Waals surface area contributed by atoms with Gasteiger partial charge in [0.25, 0.3) is 0 Å². The minimum Gasteiger partial charge on any atom is -0.387 e. The smallest absolute Gasteiger partial charge is 0.184 e. The summed E-state index contributed by atoms with van der Waals surface area (Å²) >= 11 is 0. The summed E-state index contributed by atoms with van der Waals surface area (Å²) in [4.78, 5) is 0. The zero-order chi connectivity index (χ0) is 10.7. The van der Waals surface area contributed by atoms with Crippen LogP contribution in [0.25, 0.3) is 0 Å². The fraction of sp³-hybridized carbons (Fsp3) is 1.00. The van der Waals surface area contributed by atoms with Crippen molar-refractivity contribution in [2.75, 3.05) is 13.2 Å². The average Bonchev–Trinajstić information content (AvgIpc) is 2.18. The van der Waals surface area contributed by atoms with Crippen LogP contribution in [0, 0.1) is 0 Å². The molecule has 5 atom stereocenters. The van der Waals surface area contributed by atoms with Gasteiger partial charge in [0.2, 0.25) is 0 Å². The zero-order valence-electron chi connectivity index (χ0n) is 7.91. The van der Waals surface area contributed by atoms with Crippen LogP contribution in [0.1, 0.15) is 6.92 Å². The van der Waals surface area contributed by atoms with Gasteiger partial charge in [-0.2, -0.15) is 0 Å². The molecule has 4 N–H and O–H groups in total. The normalized spacial score (nSPS) is 43.9. The molecule has 5 unspecified atom stereocenters. The molecule has 0 amide bonds. The van der Waals surface area contributed by atoms with Crippen LogP contribution in [0.4, 0.5) is 0 Å². The molecule has 6 heteroatoms. The van der Waals surface area contributed by atoms with E-state index in [-0.39, 0.29) is 6.61 Å². The van der Waals surface area contributed by atoms with Gasteiger partial charge in [-0.15, -0.1) is 0 Å². The molecule has 1 heterocycles. The average molecular weight is 208 g/mol. The lowest BCUT2D eigenvalue weighted by Crippen LogP contribution is -2.58. The number of hydrogen-bond acceptors (Lipinski definition) is 6. The first kappa shape index (κ1) is 11.8. The molecule has 0 aromatic carbocycles. The first-order valence-corrected chi connectivity index (χ1v) is 4.53. The van der Waals surface area contributed by atoms with Gasteiger partial charge in [0, 0.05) is 6.61 Å². The molecule has 0 radical (unpaired) electrons. The van der Waals surface area contributed by atoms with E-state index in [0.717, 1.165) is 0 Å². The molecular weight excluding hydrogens is 192 g/mol. The molecule has 0 aliphatic carbocycles. The molecule has 0 bridgehead atoms. The highest BCUT2D eigenvalue weighted by molar-refractivity contribution is 4.88. The van der Waals surface area contributed by atoms with Crippen LogP contribution >= 0.6 is 0 Å². The van der Waals surface area contributed by atoms with Crippen molar-refractivity contribution in [1.82, 2.24) is 0 Å². The van der Waals surface area contributed by atoms with Crippen molar-refractivity contribution in [3.8, 4) is 0 Å². The molecule has 1 aliphatic rings. The predicted octanol–water partition coefficient (Wildman–Crippen LogP) is -2.18. The van der Waals surface area contributed by atoms with Crippen molar-refractivity contribution in [1.29, 1.82) is 0 Å². The minimum absolute atomic E-state index is 0.0680. The maximum Gasteiger partial charge on any atom is 0.184 e. The van der Waals surface area contributed by atoms with Crippen LogP contribution in [0.15, 0.2) is 0 Å². The van der Waals surface area contributed by atoms with Crippen LogP contribution in [-0.2, 0) is 9.47 Å². The highest BCUT2D eigenvalue weighted by Gasteiger charge is 2.42. The Hall–Kier alpha value is -0.240. The van der Waals surface area contributed by atoms with Crippen molar-refractivity contribution < 1.29 is 29.9 Å². The largest absolute Gasteiger partial charge is 0.387 e. The maximum atomic E-state index is 9.43. The van der Waals surface area contributed by atoms with Crippen molar-refractivity contribution in [2.45, 2.75) is 37.6 Å². The Kier molecular flexibility index (Phi) is 4.24. The van der Waals surface area contributed by atoms with E-state index in [0.29, 0.717) is 6.61 Å². The summed E-state index contributed by atoms with van der Waals surface area (Å²) in [7, 11) is 0. The molecule has 0 aromatic rings. The van der Waals surface area contributed by atoms with E-state index in [4.69, 9.17) is 19.7 Å². The van der Waals surface area contributed by atoms with Crippen LogP contribution in [0.5, 0.6) is 0 Å². The summed E-state index contributed by atoms with van der Waals surface area (Å²) in [6, 6.07) is 0. The molecule has 1 rings (SSSR count). The lowest BCUT2D eigenvalue weighted by atomic mass is 9.99. The third kappa shape index (κ3) is 2.41. The Labute approximate surface area is 81.7 Å². The van der Waals surface area contributed by atoms with Gasteiger partial charge in [0.1, 0.15) is 24.4 Å². The van der Waals surface area contributed by atoms with Gasteiger partial charge < -0.3 is 29.9 Å². The van der Waals surface area contributed by atoms with Crippen LogP contribution in [0.2, 0.25) is 0 Å². The second-order valence-electron chi connectivity index (χ2n) is 3.20. The van der Waals surface area contributed by atoms with Gasteiger partial charge in [-0.05, 0) is 6.92 Å². The molecule has 6 nitrogen and oxygen atoms in total. The molecule has 84 valence electrons. The summed E-state index contributed by atoms with van der Waals surface area (Å²) < 4.78 is 9.84. The lowest BCUT2D eigenvalue weighted by molar-refractivity contribution is -0.288. The Morgan fingerprint density at radius 3 is 2.29 bits per heavy atom. The topological polar surface area (TPSA) is 99.4 Å². The van der Waals surface area contributed by atoms with Crippen molar-refractivity contribution in [2.24, 2.45) is 0 Å². The van der Waals surface area contributed by atoms with E-state index in [9.17, 15) is 10.2 Å². The van der Waals surface area contributed by atoms with Crippen molar-refractivity contribution in [3.05, 3.63) is 0 Å². The third-order valence-electron chi connectivity index (χ3n) is 2.17. The van der Waals surface area contributed by atoms with E-state index in [2.05, 4.69) is 0 Å². The summed E-state index contributed by atoms with van der Waals surface area (Å²) in [5.41, 5.74) is 0. The fourth-order valence-electron chi connectivity index (χ4n) is 1.30. The minimum atomic E-state index is -1.49. The van der Waals surface area contributed by atoms with Gasteiger partial charge >= 0.3 is 0 Å². The van der Waals surface area contributed by atoms with Gasteiger partial charge in [-0.3, -0.25) is 0 Å². The highest BCUT2D eigenvalue weighted by atomic mass is 16.6. The summed E-state index contributed by atoms with van der Waals surface area (Å²) in [5, 5.41) is 37.0. The van der Waals surface area contributed by atoms with Gasteiger partial charge in [-0.1, -0.05) is 0 Å². The first-order valence-electron chi connectivity index (χ1n) is 4.53. The molecule has 0 saturated carbocycles. The van der Waals surface area contributed by atoms with E-state index < -0.39 is 30.7 Å². The van der Waals surface area contributed by atoms with Gasteiger partial charge in [-0.25, -0.2) is 0 Å². The standard InChI is InChI=1S/C8H16O6/c1-2-13-3-4-5(9)6(10)7(11)8(12)14-4/h4-12H,2-3H2,1H3. The molecule has 0 spiro atoms. The highest BCUT2D eigenvalue weighted by Crippen LogP contribution is 2.19. The number of hydrogen-bond donors (Lipinski definition) is 4. The predicted molar refractivity (Wildman–Crippen MR) is 45.4 cm³/mol. The number of aliphatic hydroxyl groups is 4. The Morgan fingerprint density at radius 1 is 1.07 bits per heavy atom. The maximum absolute atomic E-state index is 9.43. The van der Waals surface area contributed by atoms with Gasteiger partial charge in [0.15, 0.2) is 6.29 Å². The fourth-order valence-corrected chi connectivity index (χ4v) is 1.30. The SMILES string of the molecule is CCOCC1OC(O)C(O)C(O)C1O. The van der Waals surface area contributed by atoms with E-state index in [1.54, 1.807) is 6.92 Å². The monoisotopic (exact) mass is 208 g/mol. The second-order valence-corrected chi connectivity index (χ2v) is 3.20. The first-order chi connectivity index (χ1) is 6.57. The molecule has 14 heavy (non-hydrogen) atoms. The van der Waals surface area contributed by atoms with E-state index in [1.165, 1.54) is 0 Å². The summed E-state index contributed by atoms with van der Waals surface area (Å²) in [6.45, 7) is 2.29. The summed E-state index contributed by atoms with van der Waals surface area (Å²) in [5.74, 6) is 0. The Morgan fingerprint density at radius 2 is 1.71 bits per heavy atom. The Balaban J connectivity index is 2.52. The quantitative estimate of drug-likeness (QED) is 0.421. The number of rotatable bonds is 3. The number of ether oxygens (including phenoxy) is 2. The summed E-state index contributed by atoms with van der Waals surface area (Å²) in [6.07, 6.45) is -6.45. The molecule has 1 aliphatic heterocycles. The third-order valence-corrected chi connectivity index (χ3v) is 2.17. The molecule has 1 fully saturated rings. The molecular formula is C8H16O6. The van der Waals surface area contributed by atoms with E-state index >= 15 is 0 Å². The zero-order valence-corrected chi connectivity index (χ0v) is 7.91. The molecule has 0 aromatic heterocycles. The lowest BCUT2D eigenvalue weighted by Gasteiger charge is -2.38. The second kappa shape index (κ2) is 5.01. The van der Waals surface area contributed by atoms with Crippen LogP contribution < -0.4 is 0 Å². The Bertz CT molecular complexity index is 175. The van der Waals surface area contributed by atoms with Crippen molar-refractivity contribution >= 4 is 0 Å². The van der Waals surface area contributed by atoms with Crippen LogP contribution in [-0.4, -0.2) is 64.3 Å². The number of aliphatic hydroxyl groups excluding tert-OH is 4. The van der Waals surface area contributed by atoms with Crippen LogP contribution in [0.3, 0.4) is 0 Å². The van der Waals surface area contributed by atoms with E-state index in [1.807, 2.05) is 0 Å². The van der Waals surface area contributed by atoms with Crippen molar-refractivity contribution in [3.63, 3.8) is 0 Å².